The Morgan fingerprint density at radius 1 is 1.24 bits per heavy atom. The topological polar surface area (TPSA) is 64.7 Å². The van der Waals surface area contributed by atoms with E-state index < -0.39 is 0 Å². The van der Waals surface area contributed by atoms with Gasteiger partial charge in [0.2, 0.25) is 0 Å². The lowest BCUT2D eigenvalue weighted by molar-refractivity contribution is 1.01. The fourth-order valence-electron chi connectivity index (χ4n) is 1.56. The van der Waals surface area contributed by atoms with Gasteiger partial charge in [-0.3, -0.25) is 4.98 Å². The van der Waals surface area contributed by atoms with Crippen molar-refractivity contribution in [2.45, 2.75) is 9.24 Å². The number of fused-ring (bicyclic) bond motifs is 1. The number of nitrogens with two attached hydrogens (primary N) is 1. The van der Waals surface area contributed by atoms with E-state index in [1.807, 2.05) is 24.4 Å². The van der Waals surface area contributed by atoms with Crippen molar-refractivity contribution in [1.29, 1.82) is 0 Å². The third-order valence-corrected chi connectivity index (χ3v) is 4.21. The van der Waals surface area contributed by atoms with Gasteiger partial charge in [0.05, 0.1) is 5.69 Å². The molecule has 3 rings (SSSR count). The van der Waals surface area contributed by atoms with E-state index >= 15 is 0 Å². The first-order valence-corrected chi connectivity index (χ1v) is 6.60. The fraction of sp³-hybridized carbons (Fsp3) is 0. The quantitative estimate of drug-likeness (QED) is 0.718. The number of nitrogens with zero attached hydrogens (tertiary/aromatic N) is 3. The summed E-state index contributed by atoms with van der Waals surface area (Å²) in [7, 11) is 0. The van der Waals surface area contributed by atoms with Crippen molar-refractivity contribution >= 4 is 39.6 Å². The Kier molecular flexibility index (Phi) is 2.66. The molecule has 4 nitrogen and oxygen atoms in total. The number of pyridine rings is 1. The molecule has 2 heterocycles. The number of rotatable bonds is 2. The van der Waals surface area contributed by atoms with Crippen LogP contribution in [0.1, 0.15) is 0 Å². The van der Waals surface area contributed by atoms with Crippen molar-refractivity contribution in [3.05, 3.63) is 36.1 Å². The van der Waals surface area contributed by atoms with E-state index in [0.29, 0.717) is 0 Å². The monoisotopic (exact) mass is 260 g/mol. The maximum atomic E-state index is 6.14. The average molecular weight is 260 g/mol. The molecule has 0 radical (unpaired) electrons. The smallest absolute Gasteiger partial charge is 0.178 e. The van der Waals surface area contributed by atoms with Gasteiger partial charge in [-0.15, -0.1) is 10.2 Å². The van der Waals surface area contributed by atoms with Crippen LogP contribution in [0.4, 0.5) is 5.69 Å². The molecule has 0 aliphatic carbocycles. The maximum Gasteiger partial charge on any atom is 0.178 e. The van der Waals surface area contributed by atoms with Crippen LogP contribution in [0.3, 0.4) is 0 Å². The molecule has 3 aromatic rings. The zero-order valence-electron chi connectivity index (χ0n) is 8.70. The second-order valence-electron chi connectivity index (χ2n) is 3.38. The molecule has 0 aliphatic heterocycles. The van der Waals surface area contributed by atoms with Gasteiger partial charge in [0.15, 0.2) is 4.34 Å². The largest absolute Gasteiger partial charge is 0.397 e. The van der Waals surface area contributed by atoms with Crippen LogP contribution in [0.15, 0.2) is 45.3 Å². The van der Waals surface area contributed by atoms with Gasteiger partial charge in [-0.2, -0.15) is 0 Å². The minimum atomic E-state index is 0.769. The molecule has 0 saturated carbocycles. The summed E-state index contributed by atoms with van der Waals surface area (Å²) in [5.41, 5.74) is 8.62. The zero-order valence-corrected chi connectivity index (χ0v) is 10.3. The van der Waals surface area contributed by atoms with Crippen LogP contribution in [0, 0.1) is 0 Å². The van der Waals surface area contributed by atoms with Crippen molar-refractivity contribution in [3.8, 4) is 0 Å². The van der Waals surface area contributed by atoms with Crippen LogP contribution in [-0.2, 0) is 0 Å². The first-order valence-electron chi connectivity index (χ1n) is 4.91. The molecule has 0 aliphatic rings. The van der Waals surface area contributed by atoms with E-state index in [1.165, 1.54) is 23.1 Å². The lowest BCUT2D eigenvalue weighted by Gasteiger charge is -2.06. The van der Waals surface area contributed by atoms with Crippen LogP contribution < -0.4 is 5.73 Å². The lowest BCUT2D eigenvalue weighted by atomic mass is 10.1. The summed E-state index contributed by atoms with van der Waals surface area (Å²) >= 11 is 3.04. The van der Waals surface area contributed by atoms with Crippen LogP contribution in [0.5, 0.6) is 0 Å². The van der Waals surface area contributed by atoms with Crippen LogP contribution in [0.25, 0.3) is 10.8 Å². The molecule has 0 amide bonds. The van der Waals surface area contributed by atoms with Crippen molar-refractivity contribution < 1.29 is 0 Å². The minimum Gasteiger partial charge on any atom is -0.397 e. The standard InChI is InChI=1S/C11H8N4S2/c12-10-8-3-4-13-5-7(8)1-2-9(10)17-11-15-14-6-16-11/h1-6H,12H2. The highest BCUT2D eigenvalue weighted by Gasteiger charge is 2.07. The fourth-order valence-corrected chi connectivity index (χ4v) is 3.06. The molecule has 0 spiro atoms. The Labute approximate surface area is 106 Å². The van der Waals surface area contributed by atoms with Gasteiger partial charge in [0.25, 0.3) is 0 Å². The number of hydrogen-bond acceptors (Lipinski definition) is 6. The minimum absolute atomic E-state index is 0.769. The molecule has 0 fully saturated rings. The maximum absolute atomic E-state index is 6.14. The van der Waals surface area contributed by atoms with E-state index in [9.17, 15) is 0 Å². The molecular weight excluding hydrogens is 252 g/mol. The summed E-state index contributed by atoms with van der Waals surface area (Å²) in [6.07, 6.45) is 3.56. The molecule has 1 aromatic carbocycles. The number of nitrogen functional groups attached to an aromatic ring is 1. The third kappa shape index (κ3) is 1.96. The van der Waals surface area contributed by atoms with E-state index in [-0.39, 0.29) is 0 Å². The Bertz CT molecular complexity index is 652. The number of anilines is 1. The summed E-state index contributed by atoms with van der Waals surface area (Å²) in [6, 6.07) is 5.93. The van der Waals surface area contributed by atoms with Crippen molar-refractivity contribution in [3.63, 3.8) is 0 Å². The molecule has 0 atom stereocenters. The highest BCUT2D eigenvalue weighted by Crippen LogP contribution is 2.36. The summed E-state index contributed by atoms with van der Waals surface area (Å²) in [5.74, 6) is 0. The van der Waals surface area contributed by atoms with Gasteiger partial charge in [0.1, 0.15) is 5.51 Å². The van der Waals surface area contributed by atoms with Gasteiger partial charge in [-0.1, -0.05) is 29.2 Å². The van der Waals surface area contributed by atoms with Crippen LogP contribution in [-0.4, -0.2) is 15.2 Å². The van der Waals surface area contributed by atoms with Gasteiger partial charge in [0, 0.05) is 28.1 Å². The van der Waals surface area contributed by atoms with Gasteiger partial charge in [-0.25, -0.2) is 0 Å². The van der Waals surface area contributed by atoms with Gasteiger partial charge in [-0.05, 0) is 12.1 Å². The van der Waals surface area contributed by atoms with Gasteiger partial charge >= 0.3 is 0 Å². The Morgan fingerprint density at radius 3 is 3.00 bits per heavy atom. The predicted molar refractivity (Wildman–Crippen MR) is 70.2 cm³/mol. The molecule has 0 unspecified atom stereocenters. The van der Waals surface area contributed by atoms with Gasteiger partial charge < -0.3 is 5.73 Å². The second kappa shape index (κ2) is 4.31. The highest BCUT2D eigenvalue weighted by molar-refractivity contribution is 8.01. The molecule has 2 aromatic heterocycles. The molecule has 2 N–H and O–H groups in total. The van der Waals surface area contributed by atoms with E-state index in [0.717, 1.165) is 25.7 Å². The third-order valence-electron chi connectivity index (χ3n) is 2.36. The molecule has 0 saturated heterocycles. The summed E-state index contributed by atoms with van der Waals surface area (Å²) in [6.45, 7) is 0. The zero-order chi connectivity index (χ0) is 11.7. The summed E-state index contributed by atoms with van der Waals surface area (Å²) < 4.78 is 0.894. The Morgan fingerprint density at radius 2 is 2.18 bits per heavy atom. The van der Waals surface area contributed by atoms with Crippen molar-refractivity contribution in [2.75, 3.05) is 5.73 Å². The Hall–Kier alpha value is -1.66. The molecular formula is C11H8N4S2. The Balaban J connectivity index is 2.09. The summed E-state index contributed by atoms with van der Waals surface area (Å²) in [5, 5.41) is 9.87. The highest BCUT2D eigenvalue weighted by atomic mass is 32.2. The molecule has 84 valence electrons. The molecule has 6 heteroatoms. The normalized spacial score (nSPS) is 10.8. The average Bonchev–Trinajstić information content (AvgIpc) is 2.86. The first-order chi connectivity index (χ1) is 8.34. The first kappa shape index (κ1) is 10.5. The van der Waals surface area contributed by atoms with Crippen LogP contribution in [0.2, 0.25) is 0 Å². The van der Waals surface area contributed by atoms with Crippen LogP contribution >= 0.6 is 23.1 Å². The van der Waals surface area contributed by atoms with E-state index in [4.69, 9.17) is 5.73 Å². The summed E-state index contributed by atoms with van der Waals surface area (Å²) in [4.78, 5) is 5.08. The van der Waals surface area contributed by atoms with E-state index in [2.05, 4.69) is 15.2 Å². The predicted octanol–water partition coefficient (Wildman–Crippen LogP) is 2.82. The lowest BCUT2D eigenvalue weighted by Crippen LogP contribution is -1.90. The van der Waals surface area contributed by atoms with Crippen molar-refractivity contribution in [2.24, 2.45) is 0 Å². The van der Waals surface area contributed by atoms with E-state index in [1.54, 1.807) is 11.7 Å². The number of benzene rings is 1. The molecule has 17 heavy (non-hydrogen) atoms. The van der Waals surface area contributed by atoms with Crippen molar-refractivity contribution in [1.82, 2.24) is 15.2 Å². The number of aromatic nitrogens is 3. The molecule has 0 bridgehead atoms. The SMILES string of the molecule is Nc1c(Sc2nncs2)ccc2cnccc12. The second-order valence-corrected chi connectivity index (χ2v) is 5.50. The number of hydrogen-bond donors (Lipinski definition) is 1.